The first kappa shape index (κ1) is 18.8. The molecular weight excluding hydrogens is 310 g/mol. The average Bonchev–Trinajstić information content (AvgIpc) is 2.64. The molecule has 132 valence electrons. The third-order valence-corrected chi connectivity index (χ3v) is 4.23. The van der Waals surface area contributed by atoms with Crippen LogP contribution in [0.1, 0.15) is 43.5 Å². The van der Waals surface area contributed by atoms with Crippen LogP contribution in [0.25, 0.3) is 6.08 Å². The zero-order valence-electron chi connectivity index (χ0n) is 15.5. The Morgan fingerprint density at radius 2 is 1.88 bits per heavy atom. The lowest BCUT2D eigenvalue weighted by molar-refractivity contribution is -0.117. The lowest BCUT2D eigenvalue weighted by Gasteiger charge is -2.22. The maximum absolute atomic E-state index is 12.4. The van der Waals surface area contributed by atoms with E-state index in [1.54, 1.807) is 19.3 Å². The SMILES string of the molecule is CCc1ccc([C@H](NC(=O)/C=C/c2cccc(OC)c2)C(C)C)cc1. The first-order valence-corrected chi connectivity index (χ1v) is 8.75. The molecule has 0 bridgehead atoms. The molecule has 0 saturated heterocycles. The predicted molar refractivity (Wildman–Crippen MR) is 104 cm³/mol. The lowest BCUT2D eigenvalue weighted by atomic mass is 9.95. The minimum atomic E-state index is -0.0962. The van der Waals surface area contributed by atoms with Gasteiger partial charge in [-0.15, -0.1) is 0 Å². The number of carbonyl (C=O) groups is 1. The van der Waals surface area contributed by atoms with Gasteiger partial charge in [0.25, 0.3) is 0 Å². The van der Waals surface area contributed by atoms with E-state index in [1.165, 1.54) is 5.56 Å². The summed E-state index contributed by atoms with van der Waals surface area (Å²) in [4.78, 5) is 12.4. The molecule has 0 heterocycles. The van der Waals surface area contributed by atoms with Gasteiger partial charge in [0, 0.05) is 6.08 Å². The van der Waals surface area contributed by atoms with Crippen LogP contribution in [0.5, 0.6) is 5.75 Å². The molecule has 2 rings (SSSR count). The molecule has 2 aromatic carbocycles. The number of methoxy groups -OCH3 is 1. The van der Waals surface area contributed by atoms with Gasteiger partial charge in [0.2, 0.25) is 5.91 Å². The van der Waals surface area contributed by atoms with Crippen molar-refractivity contribution in [3.8, 4) is 5.75 Å². The van der Waals surface area contributed by atoms with Gasteiger partial charge in [-0.2, -0.15) is 0 Å². The van der Waals surface area contributed by atoms with Crippen molar-refractivity contribution < 1.29 is 9.53 Å². The number of benzene rings is 2. The molecule has 1 atom stereocenters. The van der Waals surface area contributed by atoms with Crippen LogP contribution in [-0.2, 0) is 11.2 Å². The Balaban J connectivity index is 2.07. The number of carbonyl (C=O) groups excluding carboxylic acids is 1. The Morgan fingerprint density at radius 1 is 1.16 bits per heavy atom. The molecule has 0 saturated carbocycles. The highest BCUT2D eigenvalue weighted by Crippen LogP contribution is 2.22. The second kappa shape index (κ2) is 9.07. The molecule has 25 heavy (non-hydrogen) atoms. The number of hydrogen-bond acceptors (Lipinski definition) is 2. The molecule has 0 spiro atoms. The zero-order valence-corrected chi connectivity index (χ0v) is 15.5. The van der Waals surface area contributed by atoms with Crippen molar-refractivity contribution in [2.45, 2.75) is 33.2 Å². The van der Waals surface area contributed by atoms with Crippen molar-refractivity contribution in [3.63, 3.8) is 0 Å². The molecule has 0 fully saturated rings. The molecule has 0 aliphatic heterocycles. The monoisotopic (exact) mass is 337 g/mol. The highest BCUT2D eigenvalue weighted by molar-refractivity contribution is 5.92. The molecule has 0 radical (unpaired) electrons. The summed E-state index contributed by atoms with van der Waals surface area (Å²) in [6.45, 7) is 6.37. The van der Waals surface area contributed by atoms with E-state index in [4.69, 9.17) is 4.74 Å². The van der Waals surface area contributed by atoms with Gasteiger partial charge in [0.1, 0.15) is 5.75 Å². The third kappa shape index (κ3) is 5.49. The fourth-order valence-corrected chi connectivity index (χ4v) is 2.71. The number of nitrogens with one attached hydrogen (secondary N) is 1. The van der Waals surface area contributed by atoms with Gasteiger partial charge in [0.15, 0.2) is 0 Å². The maximum atomic E-state index is 12.4. The van der Waals surface area contributed by atoms with Crippen LogP contribution in [0.4, 0.5) is 0 Å². The fraction of sp³-hybridized carbons (Fsp3) is 0.318. The van der Waals surface area contributed by atoms with Crippen LogP contribution in [0, 0.1) is 5.92 Å². The molecule has 3 heteroatoms. The number of hydrogen-bond donors (Lipinski definition) is 1. The Bertz CT molecular complexity index is 717. The molecule has 0 aromatic heterocycles. The molecule has 0 aliphatic rings. The van der Waals surface area contributed by atoms with Gasteiger partial charge in [-0.05, 0) is 47.2 Å². The maximum Gasteiger partial charge on any atom is 0.244 e. The third-order valence-electron chi connectivity index (χ3n) is 4.23. The molecule has 1 N–H and O–H groups in total. The smallest absolute Gasteiger partial charge is 0.244 e. The van der Waals surface area contributed by atoms with Gasteiger partial charge < -0.3 is 10.1 Å². The summed E-state index contributed by atoms with van der Waals surface area (Å²) < 4.78 is 5.20. The highest BCUT2D eigenvalue weighted by Gasteiger charge is 2.17. The number of rotatable bonds is 7. The standard InChI is InChI=1S/C22H27NO2/c1-5-17-9-12-19(13-10-17)22(16(2)3)23-21(24)14-11-18-7-6-8-20(15-18)25-4/h6-16,22H,5H2,1-4H3,(H,23,24)/b14-11+/t22-/m1/s1. The van der Waals surface area contributed by atoms with Crippen molar-refractivity contribution in [1.29, 1.82) is 0 Å². The average molecular weight is 337 g/mol. The summed E-state index contributed by atoms with van der Waals surface area (Å²) in [5.41, 5.74) is 3.37. The summed E-state index contributed by atoms with van der Waals surface area (Å²) in [5, 5.41) is 3.11. The molecule has 2 aromatic rings. The van der Waals surface area contributed by atoms with Crippen molar-refractivity contribution in [1.82, 2.24) is 5.32 Å². The molecule has 3 nitrogen and oxygen atoms in total. The van der Waals surface area contributed by atoms with E-state index >= 15 is 0 Å². The predicted octanol–water partition coefficient (Wildman–Crippen LogP) is 4.78. The number of ether oxygens (including phenoxy) is 1. The normalized spacial score (nSPS) is 12.4. The van der Waals surface area contributed by atoms with E-state index in [1.807, 2.05) is 24.3 Å². The fourth-order valence-electron chi connectivity index (χ4n) is 2.71. The van der Waals surface area contributed by atoms with Crippen LogP contribution < -0.4 is 10.1 Å². The van der Waals surface area contributed by atoms with Gasteiger partial charge in [-0.3, -0.25) is 4.79 Å². The highest BCUT2D eigenvalue weighted by atomic mass is 16.5. The Kier molecular flexibility index (Phi) is 6.81. The van der Waals surface area contributed by atoms with Crippen molar-refractivity contribution in [2.75, 3.05) is 7.11 Å². The van der Waals surface area contributed by atoms with Crippen molar-refractivity contribution in [2.24, 2.45) is 5.92 Å². The van der Waals surface area contributed by atoms with E-state index in [-0.39, 0.29) is 11.9 Å². The van der Waals surface area contributed by atoms with Crippen LogP contribution in [0.2, 0.25) is 0 Å². The van der Waals surface area contributed by atoms with Crippen LogP contribution in [-0.4, -0.2) is 13.0 Å². The Hall–Kier alpha value is -2.55. The largest absolute Gasteiger partial charge is 0.497 e. The second-order valence-electron chi connectivity index (χ2n) is 6.44. The summed E-state index contributed by atoms with van der Waals surface area (Å²) in [6.07, 6.45) is 4.39. The van der Waals surface area contributed by atoms with Crippen LogP contribution in [0.15, 0.2) is 54.6 Å². The first-order valence-electron chi connectivity index (χ1n) is 8.75. The summed E-state index contributed by atoms with van der Waals surface area (Å²) in [7, 11) is 1.63. The molecule has 1 amide bonds. The van der Waals surface area contributed by atoms with Crippen LogP contribution in [0.3, 0.4) is 0 Å². The van der Waals surface area contributed by atoms with Gasteiger partial charge in [-0.1, -0.05) is 57.2 Å². The van der Waals surface area contributed by atoms with Crippen LogP contribution >= 0.6 is 0 Å². The number of amides is 1. The summed E-state index contributed by atoms with van der Waals surface area (Å²) in [6, 6.07) is 16.1. The Labute approximate surface area is 150 Å². The molecular formula is C22H27NO2. The van der Waals surface area contributed by atoms with E-state index in [9.17, 15) is 4.79 Å². The second-order valence-corrected chi connectivity index (χ2v) is 6.44. The topological polar surface area (TPSA) is 38.3 Å². The minimum absolute atomic E-state index is 0.00614. The van der Waals surface area contributed by atoms with E-state index in [2.05, 4.69) is 50.4 Å². The molecule has 0 unspecified atom stereocenters. The van der Waals surface area contributed by atoms with Gasteiger partial charge in [0.05, 0.1) is 13.2 Å². The Morgan fingerprint density at radius 3 is 2.48 bits per heavy atom. The van der Waals surface area contributed by atoms with Crippen molar-refractivity contribution >= 4 is 12.0 Å². The summed E-state index contributed by atoms with van der Waals surface area (Å²) >= 11 is 0. The number of aryl methyl sites for hydroxylation is 1. The van der Waals surface area contributed by atoms with Gasteiger partial charge >= 0.3 is 0 Å². The lowest BCUT2D eigenvalue weighted by Crippen LogP contribution is -2.30. The molecule has 0 aliphatic carbocycles. The van der Waals surface area contributed by atoms with E-state index in [0.29, 0.717) is 5.92 Å². The zero-order chi connectivity index (χ0) is 18.2. The summed E-state index contributed by atoms with van der Waals surface area (Å²) in [5.74, 6) is 0.987. The van der Waals surface area contributed by atoms with Crippen molar-refractivity contribution in [3.05, 3.63) is 71.3 Å². The first-order chi connectivity index (χ1) is 12.0. The minimum Gasteiger partial charge on any atom is -0.497 e. The van der Waals surface area contributed by atoms with E-state index in [0.717, 1.165) is 23.3 Å². The quantitative estimate of drug-likeness (QED) is 0.738. The van der Waals surface area contributed by atoms with Gasteiger partial charge in [-0.25, -0.2) is 0 Å². The van der Waals surface area contributed by atoms with E-state index < -0.39 is 0 Å².